The molecule has 2 atom stereocenters. The van der Waals surface area contributed by atoms with Crippen LogP contribution >= 0.6 is 0 Å². The van der Waals surface area contributed by atoms with Gasteiger partial charge in [-0.15, -0.1) is 0 Å². The van der Waals surface area contributed by atoms with Crippen LogP contribution in [0.3, 0.4) is 0 Å². The van der Waals surface area contributed by atoms with E-state index in [0.717, 1.165) is 0 Å². The Morgan fingerprint density at radius 1 is 0.833 bits per heavy atom. The number of allylic oxidation sites excluding steroid dienone is 10. The van der Waals surface area contributed by atoms with Crippen LogP contribution in [-0.2, 0) is 0 Å². The lowest BCUT2D eigenvalue weighted by atomic mass is 9.80. The zero-order chi connectivity index (χ0) is 7.97. The Labute approximate surface area is 72.3 Å². The van der Waals surface area contributed by atoms with Gasteiger partial charge < -0.3 is 0 Å². The summed E-state index contributed by atoms with van der Waals surface area (Å²) >= 11 is 0. The molecule has 0 nitrogen and oxygen atoms in total. The van der Waals surface area contributed by atoms with Crippen molar-refractivity contribution in [2.75, 3.05) is 0 Å². The minimum atomic E-state index is 0.626. The quantitative estimate of drug-likeness (QED) is 0.503. The van der Waals surface area contributed by atoms with Gasteiger partial charge in [0.25, 0.3) is 0 Å². The molecular formula is C12H10. The van der Waals surface area contributed by atoms with Crippen molar-refractivity contribution in [1.29, 1.82) is 0 Å². The van der Waals surface area contributed by atoms with Crippen LogP contribution in [0.5, 0.6) is 0 Å². The van der Waals surface area contributed by atoms with Crippen molar-refractivity contribution in [2.24, 2.45) is 11.8 Å². The maximum absolute atomic E-state index is 2.30. The summed E-state index contributed by atoms with van der Waals surface area (Å²) in [6, 6.07) is 0. The van der Waals surface area contributed by atoms with E-state index in [0.29, 0.717) is 11.8 Å². The predicted octanol–water partition coefficient (Wildman–Crippen LogP) is 2.78. The summed E-state index contributed by atoms with van der Waals surface area (Å²) < 4.78 is 0. The van der Waals surface area contributed by atoms with Crippen LogP contribution in [0.4, 0.5) is 0 Å². The van der Waals surface area contributed by atoms with E-state index in [9.17, 15) is 0 Å². The Morgan fingerprint density at radius 2 is 1.67 bits per heavy atom. The summed E-state index contributed by atoms with van der Waals surface area (Å²) in [7, 11) is 0. The molecule has 12 heavy (non-hydrogen) atoms. The first-order chi connectivity index (χ1) is 5.95. The number of rotatable bonds is 0. The van der Waals surface area contributed by atoms with Crippen LogP contribution in [-0.4, -0.2) is 0 Å². The van der Waals surface area contributed by atoms with Gasteiger partial charge in [0.1, 0.15) is 0 Å². The van der Waals surface area contributed by atoms with Crippen molar-refractivity contribution < 1.29 is 0 Å². The monoisotopic (exact) mass is 154 g/mol. The van der Waals surface area contributed by atoms with E-state index in [1.165, 1.54) is 11.1 Å². The molecule has 0 saturated carbocycles. The Morgan fingerprint density at radius 3 is 2.67 bits per heavy atom. The van der Waals surface area contributed by atoms with Gasteiger partial charge in [-0.3, -0.25) is 0 Å². The van der Waals surface area contributed by atoms with E-state index in [1.807, 2.05) is 0 Å². The van der Waals surface area contributed by atoms with Crippen LogP contribution in [0, 0.1) is 11.8 Å². The Kier molecular flexibility index (Phi) is 1.09. The van der Waals surface area contributed by atoms with E-state index < -0.39 is 0 Å². The second-order valence-electron chi connectivity index (χ2n) is 3.49. The molecule has 3 aliphatic carbocycles. The van der Waals surface area contributed by atoms with Gasteiger partial charge >= 0.3 is 0 Å². The van der Waals surface area contributed by atoms with Gasteiger partial charge in [0.05, 0.1) is 0 Å². The number of hydrogen-bond donors (Lipinski definition) is 0. The van der Waals surface area contributed by atoms with Crippen LogP contribution in [0.1, 0.15) is 0 Å². The highest BCUT2D eigenvalue weighted by Crippen LogP contribution is 2.41. The highest BCUT2D eigenvalue weighted by atomic mass is 14.3. The summed E-state index contributed by atoms with van der Waals surface area (Å²) in [5, 5.41) is 0. The molecular weight excluding hydrogens is 144 g/mol. The van der Waals surface area contributed by atoms with Crippen molar-refractivity contribution in [3.05, 3.63) is 59.8 Å². The number of hydrogen-bond acceptors (Lipinski definition) is 0. The molecule has 0 aliphatic heterocycles. The van der Waals surface area contributed by atoms with Gasteiger partial charge in [0.15, 0.2) is 0 Å². The average molecular weight is 154 g/mol. The molecule has 0 heterocycles. The lowest BCUT2D eigenvalue weighted by molar-refractivity contribution is 0.645. The smallest absolute Gasteiger partial charge is 0.0187 e. The SMILES string of the molecule is C1=CC2=CC=CC3C=CC(=C1)C23. The Hall–Kier alpha value is -1.30. The second-order valence-corrected chi connectivity index (χ2v) is 3.49. The normalized spacial score (nSPS) is 34.7. The zero-order valence-electron chi connectivity index (χ0n) is 6.77. The maximum atomic E-state index is 2.30. The molecule has 0 fully saturated rings. The molecule has 2 unspecified atom stereocenters. The first-order valence-electron chi connectivity index (χ1n) is 4.40. The third-order valence-electron chi connectivity index (χ3n) is 2.81. The molecule has 0 spiro atoms. The fourth-order valence-corrected chi connectivity index (χ4v) is 2.24. The molecule has 0 aromatic heterocycles. The Balaban J connectivity index is 2.20. The molecule has 0 N–H and O–H groups in total. The fourth-order valence-electron chi connectivity index (χ4n) is 2.24. The molecule has 0 heteroatoms. The molecule has 0 aromatic carbocycles. The van der Waals surface area contributed by atoms with Gasteiger partial charge in [0.2, 0.25) is 0 Å². The minimum Gasteiger partial charge on any atom is -0.0767 e. The first kappa shape index (κ1) is 6.24. The van der Waals surface area contributed by atoms with Gasteiger partial charge in [-0.2, -0.15) is 0 Å². The lowest BCUT2D eigenvalue weighted by Gasteiger charge is -2.24. The molecule has 0 amide bonds. The maximum Gasteiger partial charge on any atom is 0.0187 e. The summed E-state index contributed by atoms with van der Waals surface area (Å²) in [6.45, 7) is 0. The van der Waals surface area contributed by atoms with Crippen molar-refractivity contribution in [3.63, 3.8) is 0 Å². The van der Waals surface area contributed by atoms with Gasteiger partial charge in [-0.25, -0.2) is 0 Å². The molecule has 0 saturated heterocycles. The van der Waals surface area contributed by atoms with E-state index in [1.54, 1.807) is 0 Å². The van der Waals surface area contributed by atoms with Crippen molar-refractivity contribution in [3.8, 4) is 0 Å². The molecule has 0 aromatic rings. The summed E-state index contributed by atoms with van der Waals surface area (Å²) in [5.74, 6) is 1.26. The first-order valence-corrected chi connectivity index (χ1v) is 4.40. The largest absolute Gasteiger partial charge is 0.0767 e. The van der Waals surface area contributed by atoms with Crippen LogP contribution < -0.4 is 0 Å². The molecule has 3 aliphatic rings. The summed E-state index contributed by atoms with van der Waals surface area (Å²) in [4.78, 5) is 0. The van der Waals surface area contributed by atoms with Gasteiger partial charge in [0, 0.05) is 11.8 Å². The van der Waals surface area contributed by atoms with Crippen LogP contribution in [0.15, 0.2) is 59.8 Å². The lowest BCUT2D eigenvalue weighted by Crippen LogP contribution is -2.13. The Bertz CT molecular complexity index is 359. The van der Waals surface area contributed by atoms with Gasteiger partial charge in [-0.1, -0.05) is 48.6 Å². The van der Waals surface area contributed by atoms with E-state index in [2.05, 4.69) is 48.6 Å². The minimum absolute atomic E-state index is 0.626. The van der Waals surface area contributed by atoms with Gasteiger partial charge in [-0.05, 0) is 11.1 Å². The second kappa shape index (κ2) is 2.10. The topological polar surface area (TPSA) is 0 Å². The van der Waals surface area contributed by atoms with Crippen molar-refractivity contribution >= 4 is 0 Å². The van der Waals surface area contributed by atoms with Crippen LogP contribution in [0.25, 0.3) is 0 Å². The van der Waals surface area contributed by atoms with E-state index >= 15 is 0 Å². The summed E-state index contributed by atoms with van der Waals surface area (Å²) in [6.07, 6.45) is 17.8. The third kappa shape index (κ3) is 0.672. The highest BCUT2D eigenvalue weighted by molar-refractivity contribution is 5.51. The zero-order valence-corrected chi connectivity index (χ0v) is 6.77. The standard InChI is InChI=1S/C12H10/c1-3-9-4-2-6-11-8-7-10(5-1)12(9)11/h1-8,10,12H. The average Bonchev–Trinajstić information content (AvgIpc) is 2.52. The molecule has 58 valence electrons. The van der Waals surface area contributed by atoms with Crippen molar-refractivity contribution in [2.45, 2.75) is 0 Å². The molecule has 3 rings (SSSR count). The molecule has 0 radical (unpaired) electrons. The van der Waals surface area contributed by atoms with Crippen LogP contribution in [0.2, 0.25) is 0 Å². The molecule has 0 bridgehead atoms. The predicted molar refractivity (Wildman–Crippen MR) is 50.6 cm³/mol. The third-order valence-corrected chi connectivity index (χ3v) is 2.81. The highest BCUT2D eigenvalue weighted by Gasteiger charge is 2.29. The van der Waals surface area contributed by atoms with Crippen molar-refractivity contribution in [1.82, 2.24) is 0 Å². The van der Waals surface area contributed by atoms with E-state index in [-0.39, 0.29) is 0 Å². The fraction of sp³-hybridized carbons (Fsp3) is 0.167. The summed E-state index contributed by atoms with van der Waals surface area (Å²) in [5.41, 5.74) is 2.93. The van der Waals surface area contributed by atoms with E-state index in [4.69, 9.17) is 0 Å².